The second-order valence-electron chi connectivity index (χ2n) is 4.91. The molecule has 1 heterocycles. The van der Waals surface area contributed by atoms with Gasteiger partial charge in [-0.25, -0.2) is 0 Å². The number of halogens is 1. The van der Waals surface area contributed by atoms with E-state index in [1.54, 1.807) is 14.2 Å². The third kappa shape index (κ3) is 3.50. The average molecular weight is 310 g/mol. The van der Waals surface area contributed by atoms with Gasteiger partial charge in [0.25, 0.3) is 0 Å². The lowest BCUT2D eigenvalue weighted by molar-refractivity contribution is -0.111. The number of carbonyl (C=O) groups excluding carboxylic acids is 1. The van der Waals surface area contributed by atoms with Crippen molar-refractivity contribution in [3.8, 4) is 11.5 Å². The first-order valence-corrected chi connectivity index (χ1v) is 7.47. The second-order valence-corrected chi connectivity index (χ2v) is 5.29. The molecule has 114 valence electrons. The normalized spacial score (nSPS) is 17.1. The Kier molecular flexibility index (Phi) is 5.51. The Bertz CT molecular complexity index is 530. The summed E-state index contributed by atoms with van der Waals surface area (Å²) in [5.74, 6) is 1.96. The van der Waals surface area contributed by atoms with Crippen LogP contribution in [0.5, 0.6) is 11.5 Å². The van der Waals surface area contributed by atoms with Crippen molar-refractivity contribution in [1.82, 2.24) is 4.90 Å². The molecule has 0 bridgehead atoms. The van der Waals surface area contributed by atoms with Gasteiger partial charge in [-0.1, -0.05) is 0 Å². The zero-order valence-corrected chi connectivity index (χ0v) is 13.1. The molecule has 0 aromatic heterocycles. The molecule has 0 fully saturated rings. The SMILES string of the molecule is COc1cc2c(cc1OC)CC(C=O)N(CCCCl)C=C2. The third-order valence-corrected chi connectivity index (χ3v) is 3.92. The molecule has 0 aliphatic carbocycles. The van der Waals surface area contributed by atoms with Gasteiger partial charge in [0.1, 0.15) is 6.29 Å². The minimum absolute atomic E-state index is 0.177. The van der Waals surface area contributed by atoms with E-state index in [1.165, 1.54) is 0 Å². The lowest BCUT2D eigenvalue weighted by Gasteiger charge is -2.25. The van der Waals surface area contributed by atoms with Crippen LogP contribution in [-0.4, -0.2) is 43.9 Å². The van der Waals surface area contributed by atoms with E-state index in [9.17, 15) is 4.79 Å². The third-order valence-electron chi connectivity index (χ3n) is 3.65. The van der Waals surface area contributed by atoms with E-state index in [0.29, 0.717) is 23.8 Å². The van der Waals surface area contributed by atoms with Crippen molar-refractivity contribution < 1.29 is 14.3 Å². The Balaban J connectivity index is 2.34. The number of hydrogen-bond acceptors (Lipinski definition) is 4. The number of methoxy groups -OCH3 is 2. The molecule has 1 aromatic rings. The van der Waals surface area contributed by atoms with E-state index >= 15 is 0 Å². The molecule has 1 aliphatic heterocycles. The summed E-state index contributed by atoms with van der Waals surface area (Å²) in [5.41, 5.74) is 2.13. The van der Waals surface area contributed by atoms with Crippen molar-refractivity contribution in [3.63, 3.8) is 0 Å². The number of ether oxygens (including phenoxy) is 2. The summed E-state index contributed by atoms with van der Waals surface area (Å²) >= 11 is 5.75. The zero-order valence-electron chi connectivity index (χ0n) is 12.3. The van der Waals surface area contributed by atoms with E-state index in [2.05, 4.69) is 0 Å². The number of hydrogen-bond donors (Lipinski definition) is 0. The van der Waals surface area contributed by atoms with Gasteiger partial charge >= 0.3 is 0 Å². The molecule has 4 nitrogen and oxygen atoms in total. The van der Waals surface area contributed by atoms with E-state index < -0.39 is 0 Å². The Morgan fingerprint density at radius 3 is 2.67 bits per heavy atom. The molecule has 1 aliphatic rings. The van der Waals surface area contributed by atoms with E-state index in [1.807, 2.05) is 29.3 Å². The molecule has 1 unspecified atom stereocenters. The maximum Gasteiger partial charge on any atom is 0.161 e. The topological polar surface area (TPSA) is 38.8 Å². The molecule has 2 rings (SSSR count). The molecule has 1 aromatic carbocycles. The monoisotopic (exact) mass is 309 g/mol. The molecule has 21 heavy (non-hydrogen) atoms. The first-order valence-electron chi connectivity index (χ1n) is 6.93. The van der Waals surface area contributed by atoms with Gasteiger partial charge in [0.05, 0.1) is 20.3 Å². The highest BCUT2D eigenvalue weighted by Crippen LogP contribution is 2.33. The van der Waals surface area contributed by atoms with Crippen molar-refractivity contribution >= 4 is 24.0 Å². The van der Waals surface area contributed by atoms with E-state index in [0.717, 1.165) is 30.4 Å². The van der Waals surface area contributed by atoms with Gasteiger partial charge in [-0.15, -0.1) is 11.6 Å². The highest BCUT2D eigenvalue weighted by molar-refractivity contribution is 6.17. The standard InChI is InChI=1S/C16H20ClNO3/c1-20-15-9-12-4-7-18(6-3-5-17)14(11-19)8-13(12)10-16(15)21-2/h4,7,9-11,14H,3,5-6,8H2,1-2H3. The summed E-state index contributed by atoms with van der Waals surface area (Å²) in [6.07, 6.45) is 6.45. The molecule has 5 heteroatoms. The Labute approximate surface area is 130 Å². The Morgan fingerprint density at radius 1 is 1.33 bits per heavy atom. The predicted molar refractivity (Wildman–Crippen MR) is 84.2 cm³/mol. The van der Waals surface area contributed by atoms with Crippen molar-refractivity contribution in [2.45, 2.75) is 18.9 Å². The highest BCUT2D eigenvalue weighted by atomic mass is 35.5. The first-order chi connectivity index (χ1) is 10.2. The minimum Gasteiger partial charge on any atom is -0.493 e. The summed E-state index contributed by atoms with van der Waals surface area (Å²) in [4.78, 5) is 13.4. The molecule has 0 amide bonds. The number of alkyl halides is 1. The number of fused-ring (bicyclic) bond motifs is 1. The Morgan fingerprint density at radius 2 is 2.05 bits per heavy atom. The second kappa shape index (κ2) is 7.36. The Hall–Kier alpha value is -1.68. The van der Waals surface area contributed by atoms with Crippen LogP contribution in [0.4, 0.5) is 0 Å². The summed E-state index contributed by atoms with van der Waals surface area (Å²) in [5, 5.41) is 0. The minimum atomic E-state index is -0.177. The van der Waals surface area contributed by atoms with Crippen molar-refractivity contribution in [2.24, 2.45) is 0 Å². The highest BCUT2D eigenvalue weighted by Gasteiger charge is 2.21. The number of carbonyl (C=O) groups is 1. The quantitative estimate of drug-likeness (QED) is 0.598. The van der Waals surface area contributed by atoms with Gasteiger partial charge in [-0.3, -0.25) is 0 Å². The van der Waals surface area contributed by atoms with Crippen molar-refractivity contribution in [3.05, 3.63) is 29.5 Å². The number of benzene rings is 1. The number of rotatable bonds is 6. The fourth-order valence-corrected chi connectivity index (χ4v) is 2.63. The van der Waals surface area contributed by atoms with Gasteiger partial charge in [0.2, 0.25) is 0 Å². The first kappa shape index (κ1) is 15.7. The molecule has 0 saturated carbocycles. The lowest BCUT2D eigenvalue weighted by atomic mass is 10.0. The predicted octanol–water partition coefficient (Wildman–Crippen LogP) is 2.73. The molecule has 0 N–H and O–H groups in total. The largest absolute Gasteiger partial charge is 0.493 e. The summed E-state index contributed by atoms with van der Waals surface area (Å²) in [7, 11) is 3.23. The summed E-state index contributed by atoms with van der Waals surface area (Å²) in [6, 6.07) is 3.71. The van der Waals surface area contributed by atoms with Gasteiger partial charge in [0.15, 0.2) is 11.5 Å². The van der Waals surface area contributed by atoms with Crippen LogP contribution in [0.2, 0.25) is 0 Å². The molecular formula is C16H20ClNO3. The maximum absolute atomic E-state index is 11.4. The van der Waals surface area contributed by atoms with Crippen molar-refractivity contribution in [1.29, 1.82) is 0 Å². The van der Waals surface area contributed by atoms with Gasteiger partial charge in [-0.05, 0) is 35.8 Å². The molecule has 0 saturated heterocycles. The molecular weight excluding hydrogens is 290 g/mol. The molecule has 0 radical (unpaired) electrons. The number of nitrogens with zero attached hydrogens (tertiary/aromatic N) is 1. The summed E-state index contributed by atoms with van der Waals surface area (Å²) < 4.78 is 10.7. The van der Waals surface area contributed by atoms with Crippen LogP contribution in [0.3, 0.4) is 0 Å². The maximum atomic E-state index is 11.4. The van der Waals surface area contributed by atoms with Crippen LogP contribution < -0.4 is 9.47 Å². The van der Waals surface area contributed by atoms with Gasteiger partial charge in [-0.2, -0.15) is 0 Å². The van der Waals surface area contributed by atoms with E-state index in [4.69, 9.17) is 21.1 Å². The van der Waals surface area contributed by atoms with Crippen LogP contribution in [-0.2, 0) is 11.2 Å². The summed E-state index contributed by atoms with van der Waals surface area (Å²) in [6.45, 7) is 0.770. The van der Waals surface area contributed by atoms with Crippen LogP contribution in [0.25, 0.3) is 6.08 Å². The van der Waals surface area contributed by atoms with Crippen molar-refractivity contribution in [2.75, 3.05) is 26.6 Å². The molecule has 1 atom stereocenters. The van der Waals surface area contributed by atoms with E-state index in [-0.39, 0.29) is 6.04 Å². The van der Waals surface area contributed by atoms with Gasteiger partial charge < -0.3 is 19.2 Å². The molecule has 0 spiro atoms. The van der Waals surface area contributed by atoms with Crippen LogP contribution >= 0.6 is 11.6 Å². The van der Waals surface area contributed by atoms with Crippen LogP contribution in [0.1, 0.15) is 17.5 Å². The van der Waals surface area contributed by atoms with Crippen LogP contribution in [0, 0.1) is 0 Å². The van der Waals surface area contributed by atoms with Crippen LogP contribution in [0.15, 0.2) is 18.3 Å². The number of aldehydes is 1. The van der Waals surface area contributed by atoms with Gasteiger partial charge in [0, 0.05) is 25.0 Å². The fourth-order valence-electron chi connectivity index (χ4n) is 2.51. The zero-order chi connectivity index (χ0) is 15.2. The average Bonchev–Trinajstić information content (AvgIpc) is 2.69. The smallest absolute Gasteiger partial charge is 0.161 e. The lowest BCUT2D eigenvalue weighted by Crippen LogP contribution is -2.34. The fraction of sp³-hybridized carbons (Fsp3) is 0.438.